The molecule has 1 fully saturated rings. The van der Waals surface area contributed by atoms with Crippen molar-refractivity contribution in [2.24, 2.45) is 10.7 Å². The Kier molecular flexibility index (Phi) is 6.77. The summed E-state index contributed by atoms with van der Waals surface area (Å²) < 4.78 is 0. The highest BCUT2D eigenvalue weighted by atomic mass is 127. The standard InChI is InChI=1S/C14H20N4O.HI/c1-2-16-14(18-12-7-8-12)17-9-10-3-5-11(6-4-10)13(15)19;/h3-6,12H,2,7-9H2,1H3,(H2,15,19)(H2,16,17,18);1H. The van der Waals surface area contributed by atoms with Gasteiger partial charge >= 0.3 is 0 Å². The van der Waals surface area contributed by atoms with Gasteiger partial charge in [-0.1, -0.05) is 12.1 Å². The van der Waals surface area contributed by atoms with Gasteiger partial charge < -0.3 is 16.4 Å². The van der Waals surface area contributed by atoms with E-state index in [4.69, 9.17) is 5.73 Å². The fourth-order valence-corrected chi connectivity index (χ4v) is 1.69. The van der Waals surface area contributed by atoms with Crippen LogP contribution in [0.5, 0.6) is 0 Å². The molecule has 1 aromatic rings. The van der Waals surface area contributed by atoms with Gasteiger partial charge in [0.2, 0.25) is 5.91 Å². The van der Waals surface area contributed by atoms with Crippen LogP contribution in [0.15, 0.2) is 29.3 Å². The van der Waals surface area contributed by atoms with Crippen LogP contribution in [0.1, 0.15) is 35.7 Å². The van der Waals surface area contributed by atoms with E-state index in [2.05, 4.69) is 15.6 Å². The summed E-state index contributed by atoms with van der Waals surface area (Å²) in [6.45, 7) is 3.48. The van der Waals surface area contributed by atoms with E-state index in [1.54, 1.807) is 12.1 Å². The predicted octanol–water partition coefficient (Wildman–Crippen LogP) is 1.62. The first-order chi connectivity index (χ1) is 9.19. The highest BCUT2D eigenvalue weighted by molar-refractivity contribution is 14.0. The van der Waals surface area contributed by atoms with Gasteiger partial charge in [-0.15, -0.1) is 24.0 Å². The molecule has 0 atom stereocenters. The zero-order valence-corrected chi connectivity index (χ0v) is 13.9. The lowest BCUT2D eigenvalue weighted by Gasteiger charge is -2.10. The molecule has 6 heteroatoms. The van der Waals surface area contributed by atoms with Gasteiger partial charge in [-0.2, -0.15) is 0 Å². The molecule has 110 valence electrons. The lowest BCUT2D eigenvalue weighted by atomic mass is 10.1. The normalized spacial score (nSPS) is 14.3. The van der Waals surface area contributed by atoms with Gasteiger partial charge in [-0.3, -0.25) is 4.79 Å². The molecule has 0 spiro atoms. The van der Waals surface area contributed by atoms with Crippen molar-refractivity contribution < 1.29 is 4.79 Å². The van der Waals surface area contributed by atoms with Gasteiger partial charge in [0.1, 0.15) is 0 Å². The maximum atomic E-state index is 11.0. The fourth-order valence-electron chi connectivity index (χ4n) is 1.69. The highest BCUT2D eigenvalue weighted by Crippen LogP contribution is 2.18. The van der Waals surface area contributed by atoms with E-state index in [-0.39, 0.29) is 24.0 Å². The van der Waals surface area contributed by atoms with Crippen LogP contribution in [-0.2, 0) is 6.54 Å². The number of halogens is 1. The molecule has 0 bridgehead atoms. The Morgan fingerprint density at radius 3 is 2.50 bits per heavy atom. The number of nitrogens with zero attached hydrogens (tertiary/aromatic N) is 1. The van der Waals surface area contributed by atoms with Gasteiger partial charge in [0.25, 0.3) is 0 Å². The second-order valence-electron chi connectivity index (χ2n) is 4.67. The van der Waals surface area contributed by atoms with Crippen molar-refractivity contribution in [1.29, 1.82) is 0 Å². The van der Waals surface area contributed by atoms with Crippen LogP contribution >= 0.6 is 24.0 Å². The highest BCUT2D eigenvalue weighted by Gasteiger charge is 2.21. The molecule has 1 aliphatic rings. The summed E-state index contributed by atoms with van der Waals surface area (Å²) in [4.78, 5) is 15.5. The maximum Gasteiger partial charge on any atom is 0.248 e. The van der Waals surface area contributed by atoms with Crippen LogP contribution in [0.25, 0.3) is 0 Å². The summed E-state index contributed by atoms with van der Waals surface area (Å²) in [5.41, 5.74) is 6.78. The summed E-state index contributed by atoms with van der Waals surface area (Å²) in [6, 6.07) is 7.80. The van der Waals surface area contributed by atoms with Gasteiger partial charge in [-0.05, 0) is 37.5 Å². The second kappa shape index (κ2) is 8.08. The molecule has 0 saturated heterocycles. The van der Waals surface area contributed by atoms with Gasteiger partial charge in [-0.25, -0.2) is 4.99 Å². The first-order valence-corrected chi connectivity index (χ1v) is 6.62. The number of carbonyl (C=O) groups is 1. The molecule has 1 amide bonds. The summed E-state index contributed by atoms with van der Waals surface area (Å²) in [5.74, 6) is 0.447. The predicted molar refractivity (Wildman–Crippen MR) is 91.3 cm³/mol. The minimum Gasteiger partial charge on any atom is -0.366 e. The Labute approximate surface area is 136 Å². The van der Waals surface area contributed by atoms with E-state index in [0.29, 0.717) is 18.2 Å². The number of benzene rings is 1. The molecular weight excluding hydrogens is 367 g/mol. The molecular formula is C14H21IN4O. The molecule has 1 aliphatic carbocycles. The third-order valence-electron chi connectivity index (χ3n) is 2.92. The number of guanidine groups is 1. The van der Waals surface area contributed by atoms with Crippen molar-refractivity contribution in [3.05, 3.63) is 35.4 Å². The summed E-state index contributed by atoms with van der Waals surface area (Å²) in [7, 11) is 0. The van der Waals surface area contributed by atoms with Crippen LogP contribution in [-0.4, -0.2) is 24.5 Å². The minimum absolute atomic E-state index is 0. The van der Waals surface area contributed by atoms with Gasteiger partial charge in [0.15, 0.2) is 5.96 Å². The Bertz CT molecular complexity index is 469. The average Bonchev–Trinajstić information content (AvgIpc) is 3.21. The summed E-state index contributed by atoms with van der Waals surface area (Å²) >= 11 is 0. The Balaban J connectivity index is 0.00000200. The number of rotatable bonds is 5. The zero-order chi connectivity index (χ0) is 13.7. The number of hydrogen-bond acceptors (Lipinski definition) is 2. The minimum atomic E-state index is -0.404. The number of carbonyl (C=O) groups excluding carboxylic acids is 1. The van der Waals surface area contributed by atoms with Crippen molar-refractivity contribution in [2.45, 2.75) is 32.4 Å². The molecule has 20 heavy (non-hydrogen) atoms. The first kappa shape index (κ1) is 16.7. The molecule has 0 aliphatic heterocycles. The molecule has 4 N–H and O–H groups in total. The fraction of sp³-hybridized carbons (Fsp3) is 0.429. The lowest BCUT2D eigenvalue weighted by Crippen LogP contribution is -2.38. The average molecular weight is 388 g/mol. The molecule has 5 nitrogen and oxygen atoms in total. The van der Waals surface area contributed by atoms with E-state index in [9.17, 15) is 4.79 Å². The monoisotopic (exact) mass is 388 g/mol. The van der Waals surface area contributed by atoms with E-state index in [1.165, 1.54) is 12.8 Å². The number of nitrogens with two attached hydrogens (primary N) is 1. The SMILES string of the molecule is CCNC(=NCc1ccc(C(N)=O)cc1)NC1CC1.I. The zero-order valence-electron chi connectivity index (χ0n) is 11.6. The van der Waals surface area contributed by atoms with E-state index in [0.717, 1.165) is 18.1 Å². The number of primary amides is 1. The first-order valence-electron chi connectivity index (χ1n) is 6.62. The van der Waals surface area contributed by atoms with E-state index < -0.39 is 5.91 Å². The van der Waals surface area contributed by atoms with Crippen molar-refractivity contribution in [1.82, 2.24) is 10.6 Å². The summed E-state index contributed by atoms with van der Waals surface area (Å²) in [5, 5.41) is 6.58. The van der Waals surface area contributed by atoms with Crippen LogP contribution in [0, 0.1) is 0 Å². The maximum absolute atomic E-state index is 11.0. The number of aliphatic imine (C=N–C) groups is 1. The largest absolute Gasteiger partial charge is 0.366 e. The molecule has 1 aromatic carbocycles. The topological polar surface area (TPSA) is 79.5 Å². The van der Waals surface area contributed by atoms with Crippen molar-refractivity contribution in [2.75, 3.05) is 6.54 Å². The van der Waals surface area contributed by atoms with Crippen LogP contribution in [0.4, 0.5) is 0 Å². The van der Waals surface area contributed by atoms with Gasteiger partial charge in [0, 0.05) is 18.2 Å². The molecule has 0 unspecified atom stereocenters. The Hall–Kier alpha value is -1.31. The molecule has 0 aromatic heterocycles. The van der Waals surface area contributed by atoms with Gasteiger partial charge in [0.05, 0.1) is 6.54 Å². The third-order valence-corrected chi connectivity index (χ3v) is 2.92. The molecule has 1 saturated carbocycles. The second-order valence-corrected chi connectivity index (χ2v) is 4.67. The van der Waals surface area contributed by atoms with E-state index in [1.807, 2.05) is 19.1 Å². The molecule has 2 rings (SSSR count). The molecule has 0 radical (unpaired) electrons. The van der Waals surface area contributed by atoms with Crippen LogP contribution < -0.4 is 16.4 Å². The van der Waals surface area contributed by atoms with Crippen molar-refractivity contribution >= 4 is 35.8 Å². The number of amides is 1. The summed E-state index contributed by atoms with van der Waals surface area (Å²) in [6.07, 6.45) is 2.44. The Morgan fingerprint density at radius 1 is 1.35 bits per heavy atom. The number of nitrogens with one attached hydrogen (secondary N) is 2. The van der Waals surface area contributed by atoms with Crippen LogP contribution in [0.3, 0.4) is 0 Å². The Morgan fingerprint density at radius 2 is 2.00 bits per heavy atom. The van der Waals surface area contributed by atoms with Crippen molar-refractivity contribution in [3.8, 4) is 0 Å². The van der Waals surface area contributed by atoms with E-state index >= 15 is 0 Å². The number of hydrogen-bond donors (Lipinski definition) is 3. The molecule has 0 heterocycles. The van der Waals surface area contributed by atoms with Crippen LogP contribution in [0.2, 0.25) is 0 Å². The third kappa shape index (κ3) is 5.36. The quantitative estimate of drug-likeness (QED) is 0.408. The smallest absolute Gasteiger partial charge is 0.248 e. The van der Waals surface area contributed by atoms with Crippen molar-refractivity contribution in [3.63, 3.8) is 0 Å². The lowest BCUT2D eigenvalue weighted by molar-refractivity contribution is 0.100.